The second-order valence-electron chi connectivity index (χ2n) is 6.31. The van der Waals surface area contributed by atoms with Crippen molar-refractivity contribution in [2.45, 2.75) is 23.8 Å². The summed E-state index contributed by atoms with van der Waals surface area (Å²) in [5.41, 5.74) is 3.41. The molecule has 9 heteroatoms. The molecule has 4 rings (SSSR count). The van der Waals surface area contributed by atoms with Gasteiger partial charge in [0.25, 0.3) is 5.78 Å². The third-order valence-electron chi connectivity index (χ3n) is 4.28. The lowest BCUT2D eigenvalue weighted by molar-refractivity contribution is 0.262. The molecule has 2 heterocycles. The van der Waals surface area contributed by atoms with Crippen molar-refractivity contribution in [3.63, 3.8) is 0 Å². The van der Waals surface area contributed by atoms with Crippen molar-refractivity contribution in [1.82, 2.24) is 19.6 Å². The topological polar surface area (TPSA) is 84.2 Å². The Labute approximate surface area is 180 Å². The number of rotatable bonds is 4. The van der Waals surface area contributed by atoms with E-state index in [9.17, 15) is 4.79 Å². The Kier molecular flexibility index (Phi) is 5.50. The summed E-state index contributed by atoms with van der Waals surface area (Å²) in [5, 5.41) is 10.9. The van der Waals surface area contributed by atoms with Crippen LogP contribution in [0.1, 0.15) is 11.3 Å². The van der Waals surface area contributed by atoms with Crippen LogP contribution in [0.25, 0.3) is 5.78 Å². The first kappa shape index (κ1) is 19.4. The Morgan fingerprint density at radius 2 is 1.62 bits per heavy atom. The highest BCUT2D eigenvalue weighted by Gasteiger charge is 2.12. The van der Waals surface area contributed by atoms with Crippen LogP contribution in [0.2, 0.25) is 0 Å². The Morgan fingerprint density at radius 1 is 1.00 bits per heavy atom. The first-order valence-electron chi connectivity index (χ1n) is 8.78. The van der Waals surface area contributed by atoms with Gasteiger partial charge in [-0.3, -0.25) is 0 Å². The van der Waals surface area contributed by atoms with Crippen molar-refractivity contribution in [2.24, 2.45) is 0 Å². The molecule has 0 atom stereocenters. The summed E-state index contributed by atoms with van der Waals surface area (Å²) in [5.74, 6) is 0.582. The minimum atomic E-state index is -0.294. The van der Waals surface area contributed by atoms with Crippen LogP contribution in [0.5, 0.6) is 0 Å². The van der Waals surface area contributed by atoms with E-state index in [-0.39, 0.29) is 6.03 Å². The summed E-state index contributed by atoms with van der Waals surface area (Å²) >= 11 is 4.95. The zero-order valence-corrected chi connectivity index (χ0v) is 18.1. The quantitative estimate of drug-likeness (QED) is 0.397. The average Bonchev–Trinajstić information content (AvgIpc) is 3.16. The van der Waals surface area contributed by atoms with Crippen molar-refractivity contribution in [3.8, 4) is 0 Å². The number of fused-ring (bicyclic) bond motifs is 1. The zero-order chi connectivity index (χ0) is 20.4. The molecule has 0 unspecified atom stereocenters. The van der Waals surface area contributed by atoms with Crippen LogP contribution in [-0.4, -0.2) is 25.6 Å². The second kappa shape index (κ2) is 8.22. The lowest BCUT2D eigenvalue weighted by atomic mass is 10.3. The molecule has 0 aliphatic carbocycles. The standard InChI is InChI=1S/C20H17BrN6OS/c1-12-13(2)24-19-22-11-23-27(19)18(12)29-17-9-7-16(8-10-17)26-20(28)25-15-5-3-14(21)4-6-15/h3-11H,1-2H3,(H2,25,26,28). The molecule has 0 aliphatic rings. The van der Waals surface area contributed by atoms with Crippen LogP contribution < -0.4 is 10.6 Å². The molecule has 0 saturated heterocycles. The number of hydrogen-bond donors (Lipinski definition) is 2. The fraction of sp³-hybridized carbons (Fsp3) is 0.100. The SMILES string of the molecule is Cc1nc2ncnn2c(Sc2ccc(NC(=O)Nc3ccc(Br)cc3)cc2)c1C. The number of benzene rings is 2. The maximum atomic E-state index is 12.2. The lowest BCUT2D eigenvalue weighted by Gasteiger charge is -2.11. The number of carbonyl (C=O) groups excluding carboxylic acids is 1. The molecule has 0 fully saturated rings. The highest BCUT2D eigenvalue weighted by molar-refractivity contribution is 9.10. The first-order chi connectivity index (χ1) is 14.0. The van der Waals surface area contributed by atoms with Gasteiger partial charge in [0.15, 0.2) is 0 Å². The molecule has 2 aromatic heterocycles. The molecule has 0 spiro atoms. The van der Waals surface area contributed by atoms with Crippen LogP contribution in [0.4, 0.5) is 16.2 Å². The van der Waals surface area contributed by atoms with E-state index in [1.54, 1.807) is 16.3 Å². The van der Waals surface area contributed by atoms with E-state index in [0.29, 0.717) is 11.5 Å². The van der Waals surface area contributed by atoms with Crippen LogP contribution in [-0.2, 0) is 0 Å². The lowest BCUT2D eigenvalue weighted by Crippen LogP contribution is -2.19. The van der Waals surface area contributed by atoms with E-state index in [1.165, 1.54) is 6.33 Å². The molecule has 0 radical (unpaired) electrons. The van der Waals surface area contributed by atoms with Gasteiger partial charge in [0.1, 0.15) is 11.4 Å². The smallest absolute Gasteiger partial charge is 0.308 e. The molecule has 4 aromatic rings. The number of anilines is 2. The number of nitrogens with one attached hydrogen (secondary N) is 2. The molecule has 2 N–H and O–H groups in total. The van der Waals surface area contributed by atoms with E-state index < -0.39 is 0 Å². The largest absolute Gasteiger partial charge is 0.323 e. The Hall–Kier alpha value is -2.91. The number of halogens is 1. The van der Waals surface area contributed by atoms with Gasteiger partial charge in [0, 0.05) is 32.0 Å². The highest BCUT2D eigenvalue weighted by Crippen LogP contribution is 2.31. The van der Waals surface area contributed by atoms with E-state index in [4.69, 9.17) is 0 Å². The van der Waals surface area contributed by atoms with Gasteiger partial charge in [-0.25, -0.2) is 9.78 Å². The van der Waals surface area contributed by atoms with Crippen molar-refractivity contribution in [1.29, 1.82) is 0 Å². The molecule has 0 aliphatic heterocycles. The van der Waals surface area contributed by atoms with Crippen molar-refractivity contribution >= 4 is 50.9 Å². The Morgan fingerprint density at radius 3 is 2.28 bits per heavy atom. The van der Waals surface area contributed by atoms with Crippen molar-refractivity contribution in [3.05, 3.63) is 70.6 Å². The van der Waals surface area contributed by atoms with Crippen molar-refractivity contribution < 1.29 is 4.79 Å². The second-order valence-corrected chi connectivity index (χ2v) is 8.29. The molecule has 29 heavy (non-hydrogen) atoms. The fourth-order valence-corrected chi connectivity index (χ4v) is 3.94. The summed E-state index contributed by atoms with van der Waals surface area (Å²) in [6.07, 6.45) is 1.50. The molecule has 0 saturated carbocycles. The van der Waals surface area contributed by atoms with E-state index >= 15 is 0 Å². The van der Waals surface area contributed by atoms with E-state index in [1.807, 2.05) is 62.4 Å². The van der Waals surface area contributed by atoms with E-state index in [0.717, 1.165) is 31.3 Å². The van der Waals surface area contributed by atoms with Gasteiger partial charge in [0.2, 0.25) is 0 Å². The van der Waals surface area contributed by atoms with Gasteiger partial charge >= 0.3 is 6.03 Å². The predicted octanol–water partition coefficient (Wildman–Crippen LogP) is 5.30. The summed E-state index contributed by atoms with van der Waals surface area (Å²) in [6, 6.07) is 14.7. The molecule has 2 amide bonds. The molecule has 7 nitrogen and oxygen atoms in total. The first-order valence-corrected chi connectivity index (χ1v) is 10.4. The Balaban J connectivity index is 1.46. The number of aryl methyl sites for hydroxylation is 1. The van der Waals surface area contributed by atoms with Crippen LogP contribution >= 0.6 is 27.7 Å². The third-order valence-corrected chi connectivity index (χ3v) is 5.99. The van der Waals surface area contributed by atoms with Crippen LogP contribution in [0.3, 0.4) is 0 Å². The van der Waals surface area contributed by atoms with Gasteiger partial charge in [-0.15, -0.1) is 0 Å². The molecular weight excluding hydrogens is 452 g/mol. The number of nitrogens with zero attached hydrogens (tertiary/aromatic N) is 4. The number of hydrogen-bond acceptors (Lipinski definition) is 5. The van der Waals surface area contributed by atoms with Gasteiger partial charge in [-0.1, -0.05) is 27.7 Å². The number of amides is 2. The Bertz CT molecular complexity index is 1170. The predicted molar refractivity (Wildman–Crippen MR) is 118 cm³/mol. The number of urea groups is 1. The van der Waals surface area contributed by atoms with Crippen molar-refractivity contribution in [2.75, 3.05) is 10.6 Å². The fourth-order valence-electron chi connectivity index (χ4n) is 2.67. The van der Waals surface area contributed by atoms with E-state index in [2.05, 4.69) is 41.6 Å². The molecular formula is C20H17BrN6OS. The normalized spacial score (nSPS) is 10.9. The molecule has 2 aromatic carbocycles. The average molecular weight is 469 g/mol. The summed E-state index contributed by atoms with van der Waals surface area (Å²) in [4.78, 5) is 21.8. The maximum absolute atomic E-state index is 12.2. The summed E-state index contributed by atoms with van der Waals surface area (Å²) in [7, 11) is 0. The monoisotopic (exact) mass is 468 g/mol. The van der Waals surface area contributed by atoms with Gasteiger partial charge in [-0.2, -0.15) is 14.6 Å². The van der Waals surface area contributed by atoms with Crippen LogP contribution in [0.15, 0.2) is 69.3 Å². The zero-order valence-electron chi connectivity index (χ0n) is 15.7. The maximum Gasteiger partial charge on any atom is 0.323 e. The van der Waals surface area contributed by atoms with Gasteiger partial charge in [0.05, 0.1) is 0 Å². The van der Waals surface area contributed by atoms with Gasteiger partial charge < -0.3 is 10.6 Å². The number of aromatic nitrogens is 4. The highest BCUT2D eigenvalue weighted by atomic mass is 79.9. The third kappa shape index (κ3) is 4.41. The summed E-state index contributed by atoms with van der Waals surface area (Å²) in [6.45, 7) is 3.99. The van der Waals surface area contributed by atoms with Crippen LogP contribution in [0, 0.1) is 13.8 Å². The summed E-state index contributed by atoms with van der Waals surface area (Å²) < 4.78 is 2.70. The molecule has 146 valence electrons. The van der Waals surface area contributed by atoms with Gasteiger partial charge in [-0.05, 0) is 62.4 Å². The molecule has 0 bridgehead atoms. The minimum Gasteiger partial charge on any atom is -0.308 e. The number of carbonyl (C=O) groups is 1. The minimum absolute atomic E-state index is 0.294.